The predicted molar refractivity (Wildman–Crippen MR) is 67.5 cm³/mol. The summed E-state index contributed by atoms with van der Waals surface area (Å²) in [4.78, 5) is 1.16. The number of aryl methyl sites for hydroxylation is 2. The fourth-order valence-electron chi connectivity index (χ4n) is 2.00. The number of methoxy groups -OCH3 is 1. The lowest BCUT2D eigenvalue weighted by molar-refractivity contribution is 0.173. The largest absolute Gasteiger partial charge is 0.481 e. The van der Waals surface area contributed by atoms with Gasteiger partial charge in [0.15, 0.2) is 0 Å². The van der Waals surface area contributed by atoms with Crippen molar-refractivity contribution in [2.24, 2.45) is 7.05 Å². The molecule has 5 heteroatoms. The third-order valence-corrected chi connectivity index (χ3v) is 3.61. The van der Waals surface area contributed by atoms with Gasteiger partial charge in [-0.25, -0.2) is 4.68 Å². The van der Waals surface area contributed by atoms with Crippen LogP contribution in [0.25, 0.3) is 0 Å². The van der Waals surface area contributed by atoms with E-state index in [4.69, 9.17) is 4.74 Å². The summed E-state index contributed by atoms with van der Waals surface area (Å²) in [6, 6.07) is 4.01. The zero-order chi connectivity index (χ0) is 12.4. The van der Waals surface area contributed by atoms with E-state index in [1.54, 1.807) is 23.1 Å². The highest BCUT2D eigenvalue weighted by Gasteiger charge is 2.21. The fourth-order valence-corrected chi connectivity index (χ4v) is 2.74. The molecule has 0 amide bonds. The van der Waals surface area contributed by atoms with Crippen LogP contribution in [0, 0.1) is 6.92 Å². The van der Waals surface area contributed by atoms with Crippen molar-refractivity contribution in [2.45, 2.75) is 19.4 Å². The van der Waals surface area contributed by atoms with Crippen molar-refractivity contribution in [1.82, 2.24) is 9.78 Å². The molecule has 1 unspecified atom stereocenters. The quantitative estimate of drug-likeness (QED) is 0.906. The van der Waals surface area contributed by atoms with E-state index in [2.05, 4.69) is 5.10 Å². The van der Waals surface area contributed by atoms with Gasteiger partial charge in [0.2, 0.25) is 5.88 Å². The summed E-state index contributed by atoms with van der Waals surface area (Å²) >= 11 is 1.64. The van der Waals surface area contributed by atoms with Crippen LogP contribution in [-0.2, 0) is 13.5 Å². The second-order valence-corrected chi connectivity index (χ2v) is 4.96. The molecule has 0 saturated heterocycles. The second-order valence-electron chi connectivity index (χ2n) is 3.93. The zero-order valence-electron chi connectivity index (χ0n) is 10.2. The van der Waals surface area contributed by atoms with Crippen LogP contribution in [0.15, 0.2) is 17.5 Å². The Morgan fingerprint density at radius 3 is 2.94 bits per heavy atom. The highest BCUT2D eigenvalue weighted by Crippen LogP contribution is 2.30. The van der Waals surface area contributed by atoms with E-state index in [-0.39, 0.29) is 0 Å². The number of aromatic nitrogens is 2. The second kappa shape index (κ2) is 4.89. The Morgan fingerprint density at radius 2 is 2.35 bits per heavy atom. The highest BCUT2D eigenvalue weighted by molar-refractivity contribution is 7.09. The maximum atomic E-state index is 10.3. The van der Waals surface area contributed by atoms with Gasteiger partial charge in [0, 0.05) is 18.3 Å². The van der Waals surface area contributed by atoms with Crippen LogP contribution >= 0.6 is 11.3 Å². The van der Waals surface area contributed by atoms with Gasteiger partial charge >= 0.3 is 0 Å². The molecular weight excluding hydrogens is 236 g/mol. The Kier molecular flexibility index (Phi) is 3.49. The van der Waals surface area contributed by atoms with Crippen LogP contribution < -0.4 is 4.74 Å². The minimum Gasteiger partial charge on any atom is -0.481 e. The van der Waals surface area contributed by atoms with Gasteiger partial charge in [-0.15, -0.1) is 11.3 Å². The van der Waals surface area contributed by atoms with Crippen molar-refractivity contribution < 1.29 is 9.84 Å². The van der Waals surface area contributed by atoms with Crippen LogP contribution in [0.4, 0.5) is 0 Å². The predicted octanol–water partition coefficient (Wildman–Crippen LogP) is 2.07. The van der Waals surface area contributed by atoms with Crippen molar-refractivity contribution in [3.8, 4) is 5.88 Å². The van der Waals surface area contributed by atoms with Crippen LogP contribution in [0.3, 0.4) is 0 Å². The van der Waals surface area contributed by atoms with Crippen LogP contribution in [-0.4, -0.2) is 22.0 Å². The molecule has 2 rings (SSSR count). The van der Waals surface area contributed by atoms with Gasteiger partial charge in [-0.1, -0.05) is 6.07 Å². The average Bonchev–Trinajstić information content (AvgIpc) is 2.85. The lowest BCUT2D eigenvalue weighted by Crippen LogP contribution is -2.04. The van der Waals surface area contributed by atoms with Gasteiger partial charge in [-0.2, -0.15) is 5.10 Å². The zero-order valence-corrected chi connectivity index (χ0v) is 11.0. The molecule has 1 atom stereocenters. The normalized spacial score (nSPS) is 12.7. The summed E-state index contributed by atoms with van der Waals surface area (Å²) in [7, 11) is 3.41. The van der Waals surface area contributed by atoms with E-state index in [1.165, 1.54) is 0 Å². The molecule has 17 heavy (non-hydrogen) atoms. The number of thiophene rings is 1. The standard InChI is InChI=1S/C12H16N2O2S/c1-8-11(12(16-3)14(2)13-8)10(15)7-9-5-4-6-17-9/h4-6,10,15H,7H2,1-3H3. The lowest BCUT2D eigenvalue weighted by Gasteiger charge is -2.11. The van der Waals surface area contributed by atoms with E-state index in [9.17, 15) is 5.11 Å². The smallest absolute Gasteiger partial charge is 0.217 e. The van der Waals surface area contributed by atoms with E-state index >= 15 is 0 Å². The van der Waals surface area contributed by atoms with Gasteiger partial charge in [-0.05, 0) is 18.4 Å². The minimum absolute atomic E-state index is 0.572. The van der Waals surface area contributed by atoms with E-state index in [1.807, 2.05) is 31.5 Å². The number of aliphatic hydroxyl groups is 1. The summed E-state index contributed by atoms with van der Waals surface area (Å²) < 4.78 is 6.94. The number of ether oxygens (including phenoxy) is 1. The van der Waals surface area contributed by atoms with Crippen LogP contribution in [0.1, 0.15) is 22.2 Å². The molecule has 2 aromatic rings. The van der Waals surface area contributed by atoms with Crippen molar-refractivity contribution >= 4 is 11.3 Å². The molecule has 0 aliphatic rings. The average molecular weight is 252 g/mol. The fraction of sp³-hybridized carbons (Fsp3) is 0.417. The molecule has 1 N–H and O–H groups in total. The van der Waals surface area contributed by atoms with E-state index in [0.29, 0.717) is 12.3 Å². The third kappa shape index (κ3) is 2.35. The van der Waals surface area contributed by atoms with E-state index in [0.717, 1.165) is 16.1 Å². The van der Waals surface area contributed by atoms with E-state index < -0.39 is 6.10 Å². The number of nitrogens with zero attached hydrogens (tertiary/aromatic N) is 2. The molecule has 4 nitrogen and oxygen atoms in total. The topological polar surface area (TPSA) is 47.3 Å². The molecule has 0 spiro atoms. The molecule has 0 bridgehead atoms. The van der Waals surface area contributed by atoms with Crippen LogP contribution in [0.5, 0.6) is 5.88 Å². The van der Waals surface area contributed by atoms with Crippen molar-refractivity contribution in [3.63, 3.8) is 0 Å². The summed E-state index contributed by atoms with van der Waals surface area (Å²) in [6.45, 7) is 1.88. The first-order valence-electron chi connectivity index (χ1n) is 5.41. The Labute approximate surface area is 104 Å². The highest BCUT2D eigenvalue weighted by atomic mass is 32.1. The minimum atomic E-state index is -0.572. The summed E-state index contributed by atoms with van der Waals surface area (Å²) in [5.41, 5.74) is 1.59. The summed E-state index contributed by atoms with van der Waals surface area (Å²) in [5, 5.41) is 16.5. The van der Waals surface area contributed by atoms with Crippen LogP contribution in [0.2, 0.25) is 0 Å². The molecule has 0 fully saturated rings. The molecule has 2 heterocycles. The first-order valence-corrected chi connectivity index (χ1v) is 6.29. The van der Waals surface area contributed by atoms with Gasteiger partial charge in [0.1, 0.15) is 0 Å². The Hall–Kier alpha value is -1.33. The van der Waals surface area contributed by atoms with Gasteiger partial charge < -0.3 is 9.84 Å². The first kappa shape index (κ1) is 12.1. The lowest BCUT2D eigenvalue weighted by atomic mass is 10.1. The molecule has 0 aliphatic heterocycles. The molecule has 0 aromatic carbocycles. The Morgan fingerprint density at radius 1 is 1.59 bits per heavy atom. The molecular formula is C12H16N2O2S. The first-order chi connectivity index (χ1) is 8.13. The Balaban J connectivity index is 2.27. The molecule has 0 saturated carbocycles. The van der Waals surface area contributed by atoms with Crippen molar-refractivity contribution in [2.75, 3.05) is 7.11 Å². The monoisotopic (exact) mass is 252 g/mol. The third-order valence-electron chi connectivity index (χ3n) is 2.72. The maximum Gasteiger partial charge on any atom is 0.217 e. The summed E-state index contributed by atoms with van der Waals surface area (Å²) in [5.74, 6) is 0.631. The molecule has 2 aromatic heterocycles. The van der Waals surface area contributed by atoms with Crippen molar-refractivity contribution in [1.29, 1.82) is 0 Å². The molecule has 0 radical (unpaired) electrons. The molecule has 0 aliphatic carbocycles. The Bertz CT molecular complexity index is 491. The molecule has 92 valence electrons. The number of rotatable bonds is 4. The summed E-state index contributed by atoms with van der Waals surface area (Å²) in [6.07, 6.45) is 0.0258. The van der Waals surface area contributed by atoms with Gasteiger partial charge in [0.05, 0.1) is 24.5 Å². The number of hydrogen-bond donors (Lipinski definition) is 1. The van der Waals surface area contributed by atoms with Crippen molar-refractivity contribution in [3.05, 3.63) is 33.6 Å². The van der Waals surface area contributed by atoms with Gasteiger partial charge in [0.25, 0.3) is 0 Å². The maximum absolute atomic E-state index is 10.3. The number of hydrogen-bond acceptors (Lipinski definition) is 4. The number of aliphatic hydroxyl groups excluding tert-OH is 1. The SMILES string of the molecule is COc1c(C(O)Cc2cccs2)c(C)nn1C. The van der Waals surface area contributed by atoms with Gasteiger partial charge in [-0.3, -0.25) is 0 Å².